The van der Waals surface area contributed by atoms with Gasteiger partial charge in [-0.1, -0.05) is 11.6 Å². The number of nitrogens with one attached hydrogen (secondary N) is 1. The summed E-state index contributed by atoms with van der Waals surface area (Å²) in [5.41, 5.74) is 0.452. The van der Waals surface area contributed by atoms with Crippen LogP contribution in [0, 0.1) is 13.8 Å². The van der Waals surface area contributed by atoms with E-state index in [1.54, 1.807) is 13.8 Å². The largest absolute Gasteiger partial charge is 0.493 e. The van der Waals surface area contributed by atoms with Gasteiger partial charge in [0.2, 0.25) is 0 Å². The topological polar surface area (TPSA) is 81.2 Å². The summed E-state index contributed by atoms with van der Waals surface area (Å²) in [7, 11) is -2.34. The second-order valence-electron chi connectivity index (χ2n) is 3.92. The number of rotatable bonds is 4. The molecule has 0 unspecified atom stereocenters. The summed E-state index contributed by atoms with van der Waals surface area (Å²) in [6.45, 7) is 3.39. The summed E-state index contributed by atoms with van der Waals surface area (Å²) in [6, 6.07) is 1.48. The average molecular weight is 334 g/mol. The van der Waals surface area contributed by atoms with Gasteiger partial charge in [0, 0.05) is 12.3 Å². The highest BCUT2D eigenvalue weighted by Gasteiger charge is 2.23. The van der Waals surface area contributed by atoms with Gasteiger partial charge in [-0.05, 0) is 13.8 Å². The van der Waals surface area contributed by atoms with Gasteiger partial charge in [0.25, 0.3) is 10.0 Å². The molecule has 2 rings (SSSR count). The lowest BCUT2D eigenvalue weighted by Crippen LogP contribution is -2.14. The summed E-state index contributed by atoms with van der Waals surface area (Å²) in [5, 5.41) is 1.04. The predicted octanol–water partition coefficient (Wildman–Crippen LogP) is 2.62. The van der Waals surface area contributed by atoms with E-state index in [4.69, 9.17) is 16.3 Å². The molecule has 0 aliphatic heterocycles. The number of pyridine rings is 1. The number of hydrogen-bond donors (Lipinski definition) is 1. The van der Waals surface area contributed by atoms with Gasteiger partial charge in [0.1, 0.15) is 0 Å². The number of thiazole rings is 1. The van der Waals surface area contributed by atoms with E-state index in [1.165, 1.54) is 19.4 Å². The highest BCUT2D eigenvalue weighted by molar-refractivity contribution is 7.94. The van der Waals surface area contributed by atoms with Crippen molar-refractivity contribution < 1.29 is 13.2 Å². The zero-order valence-corrected chi connectivity index (χ0v) is 13.4. The standard InChI is InChI=1S/C11H12ClN3O3S2/c1-6-11(19-7(2)14-6)20(16,17)15-10-9(18-3)4-8(12)5-13-10/h4-5H,1-3H3,(H,13,15). The maximum absolute atomic E-state index is 12.3. The second-order valence-corrected chi connectivity index (χ2v) is 7.43. The first-order chi connectivity index (χ1) is 9.33. The number of methoxy groups -OCH3 is 1. The lowest BCUT2D eigenvalue weighted by atomic mass is 10.4. The van der Waals surface area contributed by atoms with Crippen LogP contribution in [0.4, 0.5) is 5.82 Å². The Morgan fingerprint density at radius 3 is 2.65 bits per heavy atom. The van der Waals surface area contributed by atoms with E-state index in [1.807, 2.05) is 0 Å². The van der Waals surface area contributed by atoms with E-state index < -0.39 is 10.0 Å². The van der Waals surface area contributed by atoms with Crippen LogP contribution in [0.1, 0.15) is 10.7 Å². The first kappa shape index (κ1) is 15.0. The Morgan fingerprint density at radius 1 is 1.40 bits per heavy atom. The fraction of sp³-hybridized carbons (Fsp3) is 0.273. The minimum Gasteiger partial charge on any atom is -0.493 e. The molecule has 1 N–H and O–H groups in total. The van der Waals surface area contributed by atoms with Crippen molar-refractivity contribution >= 4 is 38.8 Å². The number of ether oxygens (including phenoxy) is 1. The van der Waals surface area contributed by atoms with Crippen LogP contribution in [0.5, 0.6) is 5.75 Å². The highest BCUT2D eigenvalue weighted by Crippen LogP contribution is 2.29. The zero-order chi connectivity index (χ0) is 14.9. The lowest BCUT2D eigenvalue weighted by Gasteiger charge is -2.10. The Labute approximate surface area is 125 Å². The first-order valence-corrected chi connectivity index (χ1v) is 8.17. The van der Waals surface area contributed by atoms with Crippen molar-refractivity contribution in [3.63, 3.8) is 0 Å². The number of nitrogens with zero attached hydrogens (tertiary/aromatic N) is 2. The van der Waals surface area contributed by atoms with E-state index in [9.17, 15) is 8.42 Å². The number of sulfonamides is 1. The molecular formula is C11H12ClN3O3S2. The van der Waals surface area contributed by atoms with Crippen molar-refractivity contribution in [1.82, 2.24) is 9.97 Å². The van der Waals surface area contributed by atoms with Gasteiger partial charge in [0.05, 0.1) is 22.8 Å². The molecule has 0 aliphatic carbocycles. The zero-order valence-electron chi connectivity index (χ0n) is 11.0. The maximum atomic E-state index is 12.3. The molecule has 0 saturated carbocycles. The third-order valence-corrected chi connectivity index (χ3v) is 5.60. The van der Waals surface area contributed by atoms with Gasteiger partial charge in [-0.2, -0.15) is 0 Å². The summed E-state index contributed by atoms with van der Waals surface area (Å²) < 4.78 is 32.2. The molecule has 0 saturated heterocycles. The average Bonchev–Trinajstić information content (AvgIpc) is 2.71. The number of halogens is 1. The van der Waals surface area contributed by atoms with Crippen LogP contribution in [0.3, 0.4) is 0 Å². The van der Waals surface area contributed by atoms with Crippen LogP contribution >= 0.6 is 22.9 Å². The van der Waals surface area contributed by atoms with Crippen molar-refractivity contribution in [3.8, 4) is 5.75 Å². The molecule has 0 aromatic carbocycles. The summed E-state index contributed by atoms with van der Waals surface area (Å²) in [6.07, 6.45) is 1.34. The summed E-state index contributed by atoms with van der Waals surface area (Å²) >= 11 is 6.89. The van der Waals surface area contributed by atoms with Gasteiger partial charge in [-0.25, -0.2) is 18.4 Å². The molecule has 0 amide bonds. The van der Waals surface area contributed by atoms with Crippen LogP contribution in [-0.2, 0) is 10.0 Å². The maximum Gasteiger partial charge on any atom is 0.274 e. The first-order valence-electron chi connectivity index (χ1n) is 5.50. The molecule has 0 radical (unpaired) electrons. The molecule has 20 heavy (non-hydrogen) atoms. The molecule has 2 aromatic heterocycles. The van der Waals surface area contributed by atoms with Crippen LogP contribution in [0.15, 0.2) is 16.5 Å². The fourth-order valence-corrected chi connectivity index (χ4v) is 4.24. The van der Waals surface area contributed by atoms with Crippen molar-refractivity contribution in [2.24, 2.45) is 0 Å². The normalized spacial score (nSPS) is 11.4. The van der Waals surface area contributed by atoms with E-state index in [0.29, 0.717) is 15.7 Å². The molecule has 9 heteroatoms. The monoisotopic (exact) mass is 333 g/mol. The van der Waals surface area contributed by atoms with Gasteiger partial charge in [-0.3, -0.25) is 4.72 Å². The minimum atomic E-state index is -3.75. The molecule has 0 bridgehead atoms. The van der Waals surface area contributed by atoms with Crippen LogP contribution < -0.4 is 9.46 Å². The van der Waals surface area contributed by atoms with Crippen molar-refractivity contribution in [1.29, 1.82) is 0 Å². The van der Waals surface area contributed by atoms with Crippen molar-refractivity contribution in [2.45, 2.75) is 18.1 Å². The lowest BCUT2D eigenvalue weighted by molar-refractivity contribution is 0.415. The Hall–Kier alpha value is -1.38. The molecule has 2 aromatic rings. The van der Waals surface area contributed by atoms with E-state index in [2.05, 4.69) is 14.7 Å². The SMILES string of the molecule is COc1cc(Cl)cnc1NS(=O)(=O)c1sc(C)nc1C. The van der Waals surface area contributed by atoms with Crippen LogP contribution in [0.2, 0.25) is 5.02 Å². The Bertz CT molecular complexity index is 743. The molecule has 6 nitrogen and oxygen atoms in total. The Morgan fingerprint density at radius 2 is 2.10 bits per heavy atom. The third kappa shape index (κ3) is 3.02. The number of anilines is 1. The van der Waals surface area contributed by atoms with E-state index in [-0.39, 0.29) is 15.8 Å². The third-order valence-electron chi connectivity index (χ3n) is 2.38. The van der Waals surface area contributed by atoms with Gasteiger partial charge >= 0.3 is 0 Å². The van der Waals surface area contributed by atoms with E-state index >= 15 is 0 Å². The predicted molar refractivity (Wildman–Crippen MR) is 78.2 cm³/mol. The van der Waals surface area contributed by atoms with Crippen molar-refractivity contribution in [3.05, 3.63) is 28.0 Å². The molecule has 108 valence electrons. The van der Waals surface area contributed by atoms with Crippen LogP contribution in [-0.4, -0.2) is 25.5 Å². The van der Waals surface area contributed by atoms with Crippen molar-refractivity contribution in [2.75, 3.05) is 11.8 Å². The minimum absolute atomic E-state index is 0.0855. The summed E-state index contributed by atoms with van der Waals surface area (Å²) in [4.78, 5) is 8.04. The number of aryl methyl sites for hydroxylation is 2. The molecule has 0 fully saturated rings. The van der Waals surface area contributed by atoms with E-state index in [0.717, 1.165) is 11.3 Å². The molecule has 0 atom stereocenters. The smallest absolute Gasteiger partial charge is 0.274 e. The molecule has 0 spiro atoms. The molecular weight excluding hydrogens is 322 g/mol. The van der Waals surface area contributed by atoms with Crippen LogP contribution in [0.25, 0.3) is 0 Å². The molecule has 0 aliphatic rings. The fourth-order valence-electron chi connectivity index (χ4n) is 1.59. The number of aromatic nitrogens is 2. The number of hydrogen-bond acceptors (Lipinski definition) is 6. The quantitative estimate of drug-likeness (QED) is 0.930. The van der Waals surface area contributed by atoms with Gasteiger partial charge < -0.3 is 4.74 Å². The highest BCUT2D eigenvalue weighted by atomic mass is 35.5. The Kier molecular flexibility index (Phi) is 4.17. The van der Waals surface area contributed by atoms with Gasteiger partial charge in [0.15, 0.2) is 15.8 Å². The molecule has 2 heterocycles. The Balaban J connectivity index is 2.41. The summed E-state index contributed by atoms with van der Waals surface area (Å²) in [5.74, 6) is 0.335. The van der Waals surface area contributed by atoms with Gasteiger partial charge in [-0.15, -0.1) is 11.3 Å². The second kappa shape index (κ2) is 5.55.